The van der Waals surface area contributed by atoms with Crippen molar-refractivity contribution in [2.75, 3.05) is 5.75 Å². The Morgan fingerprint density at radius 2 is 1.90 bits per heavy atom. The quantitative estimate of drug-likeness (QED) is 0.245. The van der Waals surface area contributed by atoms with Crippen LogP contribution in [0.5, 0.6) is 0 Å². The number of carbonyl (C=O) groups excluding carboxylic acids is 1. The van der Waals surface area contributed by atoms with Gasteiger partial charge in [-0.3, -0.25) is 9.36 Å². The number of hydrogen-bond acceptors (Lipinski definition) is 6. The van der Waals surface area contributed by atoms with Crippen LogP contribution in [0.2, 0.25) is 5.02 Å². The Morgan fingerprint density at radius 3 is 2.63 bits per heavy atom. The number of benzene rings is 2. The van der Waals surface area contributed by atoms with Crippen molar-refractivity contribution < 1.29 is 4.79 Å². The summed E-state index contributed by atoms with van der Waals surface area (Å²) in [6.07, 6.45) is 1.62. The van der Waals surface area contributed by atoms with Gasteiger partial charge in [-0.1, -0.05) is 47.6 Å². The van der Waals surface area contributed by atoms with Gasteiger partial charge in [0.05, 0.1) is 12.0 Å². The zero-order valence-corrected chi connectivity index (χ0v) is 18.0. The van der Waals surface area contributed by atoms with Crippen LogP contribution in [-0.2, 0) is 4.79 Å². The van der Waals surface area contributed by atoms with Crippen molar-refractivity contribution in [3.05, 3.63) is 82.0 Å². The molecule has 0 aliphatic heterocycles. The lowest BCUT2D eigenvalue weighted by Crippen LogP contribution is -2.19. The number of amides is 1. The lowest BCUT2D eigenvalue weighted by Gasteiger charge is -2.10. The Morgan fingerprint density at radius 1 is 1.10 bits per heavy atom. The van der Waals surface area contributed by atoms with Crippen LogP contribution in [0.3, 0.4) is 0 Å². The van der Waals surface area contributed by atoms with E-state index < -0.39 is 0 Å². The second-order valence-electron chi connectivity index (χ2n) is 6.08. The fourth-order valence-corrected chi connectivity index (χ4v) is 4.11. The monoisotopic (exact) mass is 453 g/mol. The lowest BCUT2D eigenvalue weighted by atomic mass is 10.2. The van der Waals surface area contributed by atoms with E-state index in [9.17, 15) is 4.79 Å². The first-order chi connectivity index (χ1) is 14.7. The highest BCUT2D eigenvalue weighted by molar-refractivity contribution is 7.99. The van der Waals surface area contributed by atoms with Gasteiger partial charge in [-0.15, -0.1) is 21.5 Å². The van der Waals surface area contributed by atoms with E-state index in [0.717, 1.165) is 16.1 Å². The van der Waals surface area contributed by atoms with Crippen molar-refractivity contribution >= 4 is 46.8 Å². The van der Waals surface area contributed by atoms with Crippen molar-refractivity contribution in [1.82, 2.24) is 20.2 Å². The first-order valence-corrected chi connectivity index (χ1v) is 11.2. The van der Waals surface area contributed by atoms with E-state index in [1.165, 1.54) is 11.8 Å². The molecule has 0 aliphatic rings. The van der Waals surface area contributed by atoms with E-state index in [0.29, 0.717) is 16.0 Å². The maximum Gasteiger partial charge on any atom is 0.250 e. The Balaban J connectivity index is 1.53. The van der Waals surface area contributed by atoms with Gasteiger partial charge in [-0.05, 0) is 47.8 Å². The molecule has 0 spiro atoms. The molecule has 6 nitrogen and oxygen atoms in total. The maximum absolute atomic E-state index is 12.2. The zero-order valence-electron chi connectivity index (χ0n) is 15.6. The normalized spacial score (nSPS) is 11.1. The molecule has 0 saturated carbocycles. The topological polar surface area (TPSA) is 72.2 Å². The molecule has 0 radical (unpaired) electrons. The molecule has 150 valence electrons. The average Bonchev–Trinajstić information content (AvgIpc) is 3.43. The molecule has 0 bridgehead atoms. The summed E-state index contributed by atoms with van der Waals surface area (Å²) in [6.45, 7) is 0. The maximum atomic E-state index is 12.2. The number of para-hydroxylation sites is 1. The Hall–Kier alpha value is -2.94. The molecule has 2 aromatic heterocycles. The molecule has 9 heteroatoms. The van der Waals surface area contributed by atoms with E-state index in [-0.39, 0.29) is 11.7 Å². The smallest absolute Gasteiger partial charge is 0.250 e. The van der Waals surface area contributed by atoms with E-state index >= 15 is 0 Å². The third-order valence-electron chi connectivity index (χ3n) is 4.01. The van der Waals surface area contributed by atoms with Gasteiger partial charge in [-0.25, -0.2) is 5.43 Å². The average molecular weight is 454 g/mol. The highest BCUT2D eigenvalue weighted by atomic mass is 35.5. The van der Waals surface area contributed by atoms with Crippen molar-refractivity contribution in [2.45, 2.75) is 5.16 Å². The molecule has 2 aromatic carbocycles. The second-order valence-corrected chi connectivity index (χ2v) is 8.44. The van der Waals surface area contributed by atoms with Crippen LogP contribution in [0.1, 0.15) is 4.88 Å². The molecule has 2 heterocycles. The van der Waals surface area contributed by atoms with Gasteiger partial charge in [0, 0.05) is 21.2 Å². The molecular weight excluding hydrogens is 438 g/mol. The molecule has 0 unspecified atom stereocenters. The molecule has 1 amide bonds. The van der Waals surface area contributed by atoms with E-state index in [1.807, 2.05) is 76.7 Å². The highest BCUT2D eigenvalue weighted by Gasteiger charge is 2.17. The van der Waals surface area contributed by atoms with Gasteiger partial charge in [0.2, 0.25) is 0 Å². The fourth-order valence-electron chi connectivity index (χ4n) is 2.65. The molecule has 0 atom stereocenters. The third-order valence-corrected chi connectivity index (χ3v) is 5.99. The standard InChI is InChI=1S/C21H16ClN5OS2/c22-16-10-8-15(9-11-16)20-25-26-21(27(20)17-5-2-1-3-6-17)30-14-19(28)24-23-13-18-7-4-12-29-18/h1-13H,14H2,(H,24,28). The molecule has 1 N–H and O–H groups in total. The number of nitrogens with one attached hydrogen (secondary N) is 1. The molecule has 4 aromatic rings. The number of thiophene rings is 1. The van der Waals surface area contributed by atoms with E-state index in [1.54, 1.807) is 17.6 Å². The van der Waals surface area contributed by atoms with E-state index in [2.05, 4.69) is 20.7 Å². The predicted molar refractivity (Wildman–Crippen MR) is 123 cm³/mol. The largest absolute Gasteiger partial charge is 0.272 e. The Labute approximate surface area is 186 Å². The number of halogens is 1. The van der Waals surface area contributed by atoms with Gasteiger partial charge in [0.15, 0.2) is 11.0 Å². The molecule has 0 aliphatic carbocycles. The lowest BCUT2D eigenvalue weighted by molar-refractivity contribution is -0.118. The van der Waals surface area contributed by atoms with Gasteiger partial charge < -0.3 is 0 Å². The fraction of sp³-hybridized carbons (Fsp3) is 0.0476. The summed E-state index contributed by atoms with van der Waals surface area (Å²) < 4.78 is 1.93. The van der Waals surface area contributed by atoms with Crippen LogP contribution in [0.25, 0.3) is 17.1 Å². The zero-order chi connectivity index (χ0) is 20.8. The summed E-state index contributed by atoms with van der Waals surface area (Å²) in [7, 11) is 0. The molecule has 0 fully saturated rings. The van der Waals surface area contributed by atoms with E-state index in [4.69, 9.17) is 11.6 Å². The summed E-state index contributed by atoms with van der Waals surface area (Å²) in [6, 6.07) is 21.0. The van der Waals surface area contributed by atoms with Crippen molar-refractivity contribution in [1.29, 1.82) is 0 Å². The second kappa shape index (κ2) is 9.71. The van der Waals surface area contributed by atoms with Crippen molar-refractivity contribution in [3.8, 4) is 17.1 Å². The van der Waals surface area contributed by atoms with Gasteiger partial charge in [0.1, 0.15) is 0 Å². The number of hydrogen-bond donors (Lipinski definition) is 1. The summed E-state index contributed by atoms with van der Waals surface area (Å²) in [5, 5.41) is 15.9. The Kier molecular flexibility index (Phi) is 6.58. The molecule has 30 heavy (non-hydrogen) atoms. The van der Waals surface area contributed by atoms with Crippen LogP contribution in [0.4, 0.5) is 0 Å². The summed E-state index contributed by atoms with van der Waals surface area (Å²) in [5.41, 5.74) is 4.33. The number of thioether (sulfide) groups is 1. The number of rotatable bonds is 7. The Bertz CT molecular complexity index is 1140. The molecule has 4 rings (SSSR count). The van der Waals surface area contributed by atoms with Crippen LogP contribution >= 0.6 is 34.7 Å². The first kappa shape index (κ1) is 20.3. The summed E-state index contributed by atoms with van der Waals surface area (Å²) in [5.74, 6) is 0.618. The van der Waals surface area contributed by atoms with Gasteiger partial charge in [-0.2, -0.15) is 5.10 Å². The third kappa shape index (κ3) is 4.96. The summed E-state index contributed by atoms with van der Waals surface area (Å²) >= 11 is 8.86. The van der Waals surface area contributed by atoms with Crippen molar-refractivity contribution in [2.24, 2.45) is 5.10 Å². The number of nitrogens with zero attached hydrogens (tertiary/aromatic N) is 4. The molecule has 0 saturated heterocycles. The minimum absolute atomic E-state index is 0.160. The highest BCUT2D eigenvalue weighted by Crippen LogP contribution is 2.28. The van der Waals surface area contributed by atoms with Gasteiger partial charge in [0.25, 0.3) is 5.91 Å². The SMILES string of the molecule is O=C(CSc1nnc(-c2ccc(Cl)cc2)n1-c1ccccc1)NN=Cc1cccs1. The minimum Gasteiger partial charge on any atom is -0.272 e. The molecular formula is C21H16ClN5OS2. The van der Waals surface area contributed by atoms with Crippen molar-refractivity contribution in [3.63, 3.8) is 0 Å². The van der Waals surface area contributed by atoms with Crippen LogP contribution in [0, 0.1) is 0 Å². The number of aromatic nitrogens is 3. The minimum atomic E-state index is -0.219. The first-order valence-electron chi connectivity index (χ1n) is 8.96. The van der Waals surface area contributed by atoms with Crippen LogP contribution < -0.4 is 5.43 Å². The van der Waals surface area contributed by atoms with Gasteiger partial charge >= 0.3 is 0 Å². The number of carbonyl (C=O) groups is 1. The summed E-state index contributed by atoms with van der Waals surface area (Å²) in [4.78, 5) is 13.2. The van der Waals surface area contributed by atoms with Crippen LogP contribution in [0.15, 0.2) is 82.4 Å². The number of hydrazone groups is 1. The van der Waals surface area contributed by atoms with Crippen LogP contribution in [-0.4, -0.2) is 32.6 Å². The predicted octanol–water partition coefficient (Wildman–Crippen LogP) is 4.89.